The Morgan fingerprint density at radius 1 is 1.17 bits per heavy atom. The summed E-state index contributed by atoms with van der Waals surface area (Å²) in [4.78, 5) is 22.6. The molecule has 1 saturated heterocycles. The van der Waals surface area contributed by atoms with Crippen molar-refractivity contribution in [2.45, 2.75) is 31.1 Å². The van der Waals surface area contributed by atoms with Gasteiger partial charge in [-0.15, -0.1) is 0 Å². The summed E-state index contributed by atoms with van der Waals surface area (Å²) in [6.07, 6.45) is 1.95. The van der Waals surface area contributed by atoms with Crippen molar-refractivity contribution in [2.24, 2.45) is 5.92 Å². The van der Waals surface area contributed by atoms with Gasteiger partial charge in [0.15, 0.2) is 0 Å². The Hall–Kier alpha value is -2.78. The van der Waals surface area contributed by atoms with Crippen molar-refractivity contribution in [3.8, 4) is 0 Å². The third-order valence-electron chi connectivity index (χ3n) is 4.91. The number of rotatable bonds is 6. The van der Waals surface area contributed by atoms with Crippen LogP contribution in [0.5, 0.6) is 0 Å². The highest BCUT2D eigenvalue weighted by Gasteiger charge is 2.28. The number of sulfonamides is 1. The number of non-ortho nitro benzene ring substituents is 1. The molecule has 0 saturated carbocycles. The third-order valence-corrected chi connectivity index (χ3v) is 6.79. The topological polar surface area (TPSA) is 110 Å². The summed E-state index contributed by atoms with van der Waals surface area (Å²) in [5, 5.41) is 13.4. The van der Waals surface area contributed by atoms with E-state index in [0.717, 1.165) is 12.8 Å². The minimum absolute atomic E-state index is 0.0333. The average molecular weight is 417 g/mol. The number of nitro benzene ring substituents is 1. The smallest absolute Gasteiger partial charge is 0.269 e. The van der Waals surface area contributed by atoms with Crippen LogP contribution in [0.4, 0.5) is 11.4 Å². The van der Waals surface area contributed by atoms with Gasteiger partial charge in [0.25, 0.3) is 5.69 Å². The molecule has 1 atom stereocenters. The molecule has 0 spiro atoms. The largest absolute Gasteiger partial charge is 0.326 e. The van der Waals surface area contributed by atoms with Crippen molar-refractivity contribution in [1.29, 1.82) is 0 Å². The van der Waals surface area contributed by atoms with Gasteiger partial charge in [-0.1, -0.05) is 19.1 Å². The van der Waals surface area contributed by atoms with Crippen molar-refractivity contribution in [2.75, 3.05) is 18.4 Å². The molecule has 1 aliphatic heterocycles. The highest BCUT2D eigenvalue weighted by atomic mass is 32.2. The first kappa shape index (κ1) is 20.9. The van der Waals surface area contributed by atoms with Gasteiger partial charge in [0, 0.05) is 30.9 Å². The normalized spacial score (nSPS) is 17.6. The number of nitro groups is 1. The van der Waals surface area contributed by atoms with E-state index in [1.54, 1.807) is 12.1 Å². The van der Waals surface area contributed by atoms with Crippen LogP contribution in [0.1, 0.15) is 25.3 Å². The van der Waals surface area contributed by atoms with Crippen LogP contribution in [0.3, 0.4) is 0 Å². The Bertz CT molecular complexity index is 988. The molecule has 1 N–H and O–H groups in total. The molecule has 1 aliphatic rings. The zero-order chi connectivity index (χ0) is 21.0. The van der Waals surface area contributed by atoms with E-state index < -0.39 is 14.9 Å². The van der Waals surface area contributed by atoms with Crippen molar-refractivity contribution in [1.82, 2.24) is 4.31 Å². The summed E-state index contributed by atoms with van der Waals surface area (Å²) in [7, 11) is -3.53. The van der Waals surface area contributed by atoms with E-state index in [0.29, 0.717) is 30.3 Å². The molecule has 0 bridgehead atoms. The predicted octanol–water partition coefficient (Wildman–Crippen LogP) is 3.20. The van der Waals surface area contributed by atoms with E-state index in [4.69, 9.17) is 0 Å². The summed E-state index contributed by atoms with van der Waals surface area (Å²) >= 11 is 0. The molecule has 1 unspecified atom stereocenters. The highest BCUT2D eigenvalue weighted by Crippen LogP contribution is 2.24. The molecule has 3 rings (SSSR count). The molecular formula is C20H23N3O5S. The summed E-state index contributed by atoms with van der Waals surface area (Å²) in [6, 6.07) is 11.9. The van der Waals surface area contributed by atoms with Gasteiger partial charge in [0.1, 0.15) is 0 Å². The van der Waals surface area contributed by atoms with E-state index >= 15 is 0 Å². The summed E-state index contributed by atoms with van der Waals surface area (Å²) in [5.74, 6) is 0.0517. The Balaban J connectivity index is 1.62. The van der Waals surface area contributed by atoms with Gasteiger partial charge >= 0.3 is 0 Å². The molecule has 9 heteroatoms. The molecule has 1 heterocycles. The van der Waals surface area contributed by atoms with Crippen LogP contribution in [-0.2, 0) is 21.2 Å². The van der Waals surface area contributed by atoms with E-state index in [1.165, 1.54) is 40.7 Å². The fourth-order valence-corrected chi connectivity index (χ4v) is 4.95. The molecule has 0 aromatic heterocycles. The SMILES string of the molecule is CC1CCCN(S(=O)(=O)c2ccc(NC(=O)Cc3ccc([N+](=O)[O-])cc3)cc2)C1. The minimum Gasteiger partial charge on any atom is -0.326 e. The first-order chi connectivity index (χ1) is 13.8. The minimum atomic E-state index is -3.53. The van der Waals surface area contributed by atoms with E-state index in [-0.39, 0.29) is 22.9 Å². The van der Waals surface area contributed by atoms with Crippen molar-refractivity contribution < 1.29 is 18.1 Å². The van der Waals surface area contributed by atoms with Gasteiger partial charge in [-0.05, 0) is 48.6 Å². The Morgan fingerprint density at radius 2 is 1.83 bits per heavy atom. The molecular weight excluding hydrogens is 394 g/mol. The highest BCUT2D eigenvalue weighted by molar-refractivity contribution is 7.89. The Labute approximate surface area is 169 Å². The number of carbonyl (C=O) groups excluding carboxylic acids is 1. The number of hydrogen-bond donors (Lipinski definition) is 1. The zero-order valence-electron chi connectivity index (χ0n) is 16.1. The number of benzene rings is 2. The molecule has 0 radical (unpaired) electrons. The first-order valence-electron chi connectivity index (χ1n) is 9.39. The molecule has 154 valence electrons. The fourth-order valence-electron chi connectivity index (χ4n) is 3.35. The molecule has 29 heavy (non-hydrogen) atoms. The standard InChI is InChI=1S/C20H23N3O5S/c1-15-3-2-12-22(14-15)29(27,28)19-10-6-17(7-11-19)21-20(24)13-16-4-8-18(9-5-16)23(25)26/h4-11,15H,2-3,12-14H2,1H3,(H,21,24). The van der Waals surface area contributed by atoms with Crippen LogP contribution in [0.15, 0.2) is 53.4 Å². The van der Waals surface area contributed by atoms with Crippen LogP contribution in [0, 0.1) is 16.0 Å². The van der Waals surface area contributed by atoms with Crippen LogP contribution in [-0.4, -0.2) is 36.6 Å². The molecule has 1 amide bonds. The van der Waals surface area contributed by atoms with Gasteiger partial charge in [0.05, 0.1) is 16.2 Å². The Kier molecular flexibility index (Phi) is 6.29. The van der Waals surface area contributed by atoms with Crippen LogP contribution < -0.4 is 5.32 Å². The number of piperidine rings is 1. The molecule has 2 aromatic carbocycles. The van der Waals surface area contributed by atoms with E-state index in [2.05, 4.69) is 5.32 Å². The van der Waals surface area contributed by atoms with Crippen LogP contribution >= 0.6 is 0 Å². The second kappa shape index (κ2) is 8.71. The number of anilines is 1. The number of carbonyl (C=O) groups is 1. The van der Waals surface area contributed by atoms with Crippen LogP contribution in [0.2, 0.25) is 0 Å². The van der Waals surface area contributed by atoms with Crippen molar-refractivity contribution >= 4 is 27.3 Å². The average Bonchev–Trinajstić information content (AvgIpc) is 2.68. The Morgan fingerprint density at radius 3 is 2.41 bits per heavy atom. The van der Waals surface area contributed by atoms with Crippen molar-refractivity contribution in [3.63, 3.8) is 0 Å². The van der Waals surface area contributed by atoms with Gasteiger partial charge < -0.3 is 5.32 Å². The molecule has 8 nitrogen and oxygen atoms in total. The lowest BCUT2D eigenvalue weighted by Gasteiger charge is -2.30. The van der Waals surface area contributed by atoms with E-state index in [1.807, 2.05) is 6.92 Å². The molecule has 0 aliphatic carbocycles. The molecule has 2 aromatic rings. The predicted molar refractivity (Wildman–Crippen MR) is 109 cm³/mol. The van der Waals surface area contributed by atoms with E-state index in [9.17, 15) is 23.3 Å². The molecule has 1 fully saturated rings. The lowest BCUT2D eigenvalue weighted by atomic mass is 10.0. The summed E-state index contributed by atoms with van der Waals surface area (Å²) in [6.45, 7) is 3.10. The maximum Gasteiger partial charge on any atom is 0.269 e. The lowest BCUT2D eigenvalue weighted by Crippen LogP contribution is -2.39. The quantitative estimate of drug-likeness (QED) is 0.573. The number of nitrogens with zero attached hydrogens (tertiary/aromatic N) is 2. The monoisotopic (exact) mass is 417 g/mol. The zero-order valence-corrected chi connectivity index (χ0v) is 16.9. The lowest BCUT2D eigenvalue weighted by molar-refractivity contribution is -0.384. The fraction of sp³-hybridized carbons (Fsp3) is 0.350. The summed E-state index contributed by atoms with van der Waals surface area (Å²) < 4.78 is 27.1. The number of hydrogen-bond acceptors (Lipinski definition) is 5. The second-order valence-electron chi connectivity index (χ2n) is 7.28. The van der Waals surface area contributed by atoms with Gasteiger partial charge in [-0.3, -0.25) is 14.9 Å². The van der Waals surface area contributed by atoms with Crippen LogP contribution in [0.25, 0.3) is 0 Å². The summed E-state index contributed by atoms with van der Waals surface area (Å²) in [5.41, 5.74) is 1.10. The maximum absolute atomic E-state index is 12.8. The first-order valence-corrected chi connectivity index (χ1v) is 10.8. The number of nitrogens with one attached hydrogen (secondary N) is 1. The van der Waals surface area contributed by atoms with Crippen molar-refractivity contribution in [3.05, 3.63) is 64.2 Å². The maximum atomic E-state index is 12.8. The van der Waals surface area contributed by atoms with Gasteiger partial charge in [0.2, 0.25) is 15.9 Å². The third kappa shape index (κ3) is 5.18. The van der Waals surface area contributed by atoms with Gasteiger partial charge in [-0.25, -0.2) is 8.42 Å². The second-order valence-corrected chi connectivity index (χ2v) is 9.22. The number of amides is 1. The van der Waals surface area contributed by atoms with Gasteiger partial charge in [-0.2, -0.15) is 4.31 Å².